The van der Waals surface area contributed by atoms with E-state index in [-0.39, 0.29) is 19.0 Å². The third-order valence-corrected chi connectivity index (χ3v) is 5.55. The molecule has 0 aliphatic rings. The standard InChI is InChI=1S/C18H19N3O5S2/c1-12-3-5-13(6-4-12)17-20-16(21-26-17)11-25-18(22)15-8-7-14(27-15)9-10-19-28(2,23)24/h3-8,19H,9-11H2,1-2H3. The van der Waals surface area contributed by atoms with Crippen LogP contribution in [-0.2, 0) is 27.8 Å². The molecular weight excluding hydrogens is 402 g/mol. The molecule has 2 heterocycles. The minimum Gasteiger partial charge on any atom is -0.453 e. The van der Waals surface area contributed by atoms with Crippen molar-refractivity contribution < 1.29 is 22.5 Å². The first-order chi connectivity index (χ1) is 13.3. The van der Waals surface area contributed by atoms with E-state index in [2.05, 4.69) is 14.9 Å². The molecule has 0 saturated heterocycles. The second-order valence-corrected chi connectivity index (χ2v) is 9.14. The van der Waals surface area contributed by atoms with E-state index >= 15 is 0 Å². The Morgan fingerprint density at radius 1 is 1.21 bits per heavy atom. The van der Waals surface area contributed by atoms with Crippen molar-refractivity contribution in [2.45, 2.75) is 20.0 Å². The molecule has 2 aromatic heterocycles. The number of hydrogen-bond acceptors (Lipinski definition) is 8. The molecular formula is C18H19N3O5S2. The number of aromatic nitrogens is 2. The van der Waals surface area contributed by atoms with Gasteiger partial charge in [0, 0.05) is 17.0 Å². The summed E-state index contributed by atoms with van der Waals surface area (Å²) in [7, 11) is -3.22. The number of rotatable bonds is 8. The normalized spacial score (nSPS) is 11.5. The van der Waals surface area contributed by atoms with Gasteiger partial charge in [-0.15, -0.1) is 11.3 Å². The first-order valence-corrected chi connectivity index (χ1v) is 11.1. The van der Waals surface area contributed by atoms with Crippen LogP contribution in [0.25, 0.3) is 11.5 Å². The smallest absolute Gasteiger partial charge is 0.348 e. The number of thiophene rings is 1. The summed E-state index contributed by atoms with van der Waals surface area (Å²) in [5.74, 6) is 0.148. The molecule has 0 atom stereocenters. The fraction of sp³-hybridized carbons (Fsp3) is 0.278. The quantitative estimate of drug-likeness (QED) is 0.556. The van der Waals surface area contributed by atoms with E-state index in [4.69, 9.17) is 9.26 Å². The van der Waals surface area contributed by atoms with Gasteiger partial charge < -0.3 is 9.26 Å². The third-order valence-electron chi connectivity index (χ3n) is 3.70. The van der Waals surface area contributed by atoms with Gasteiger partial charge in [0.1, 0.15) is 4.88 Å². The maximum absolute atomic E-state index is 12.2. The van der Waals surface area contributed by atoms with Crippen LogP contribution in [0.3, 0.4) is 0 Å². The van der Waals surface area contributed by atoms with E-state index in [1.54, 1.807) is 12.1 Å². The van der Waals surface area contributed by atoms with Gasteiger partial charge >= 0.3 is 5.97 Å². The van der Waals surface area contributed by atoms with Crippen LogP contribution in [0.15, 0.2) is 40.9 Å². The zero-order chi connectivity index (χ0) is 20.1. The largest absolute Gasteiger partial charge is 0.453 e. The Morgan fingerprint density at radius 2 is 1.96 bits per heavy atom. The van der Waals surface area contributed by atoms with Crippen LogP contribution in [0, 0.1) is 6.92 Å². The molecule has 0 spiro atoms. The fourth-order valence-electron chi connectivity index (χ4n) is 2.31. The summed E-state index contributed by atoms with van der Waals surface area (Å²) in [6.07, 6.45) is 1.60. The number of nitrogens with one attached hydrogen (secondary N) is 1. The summed E-state index contributed by atoms with van der Waals surface area (Å²) >= 11 is 1.26. The van der Waals surface area contributed by atoms with Crippen LogP contribution < -0.4 is 4.72 Å². The zero-order valence-electron chi connectivity index (χ0n) is 15.3. The van der Waals surface area contributed by atoms with Gasteiger partial charge in [-0.3, -0.25) is 0 Å². The molecule has 3 aromatic rings. The van der Waals surface area contributed by atoms with Crippen molar-refractivity contribution in [3.05, 3.63) is 57.5 Å². The molecule has 8 nitrogen and oxygen atoms in total. The predicted molar refractivity (Wildman–Crippen MR) is 104 cm³/mol. The monoisotopic (exact) mass is 421 g/mol. The molecule has 3 rings (SSSR count). The van der Waals surface area contributed by atoms with Crippen molar-refractivity contribution in [1.82, 2.24) is 14.9 Å². The van der Waals surface area contributed by atoms with Gasteiger partial charge in [-0.05, 0) is 37.6 Å². The molecule has 0 radical (unpaired) electrons. The SMILES string of the molecule is Cc1ccc(-c2nc(COC(=O)c3ccc(CCNS(C)(=O)=O)s3)no2)cc1. The molecule has 28 heavy (non-hydrogen) atoms. The molecule has 0 saturated carbocycles. The lowest BCUT2D eigenvalue weighted by atomic mass is 10.1. The van der Waals surface area contributed by atoms with Crippen LogP contribution in [0.5, 0.6) is 0 Å². The maximum Gasteiger partial charge on any atom is 0.348 e. The van der Waals surface area contributed by atoms with E-state index in [0.717, 1.165) is 22.3 Å². The average molecular weight is 422 g/mol. The highest BCUT2D eigenvalue weighted by molar-refractivity contribution is 7.88. The van der Waals surface area contributed by atoms with Gasteiger partial charge in [-0.2, -0.15) is 4.98 Å². The number of benzene rings is 1. The summed E-state index contributed by atoms with van der Waals surface area (Å²) in [5.41, 5.74) is 1.92. The first kappa shape index (κ1) is 20.2. The maximum atomic E-state index is 12.2. The van der Waals surface area contributed by atoms with Crippen molar-refractivity contribution >= 4 is 27.3 Å². The molecule has 148 valence electrons. The number of carbonyl (C=O) groups is 1. The van der Waals surface area contributed by atoms with Gasteiger partial charge in [-0.25, -0.2) is 17.9 Å². The van der Waals surface area contributed by atoms with Gasteiger partial charge in [-0.1, -0.05) is 22.9 Å². The first-order valence-electron chi connectivity index (χ1n) is 8.40. The highest BCUT2D eigenvalue weighted by Gasteiger charge is 2.14. The van der Waals surface area contributed by atoms with Crippen LogP contribution in [0.2, 0.25) is 0 Å². The van der Waals surface area contributed by atoms with Gasteiger partial charge in [0.25, 0.3) is 5.89 Å². The van der Waals surface area contributed by atoms with Crippen LogP contribution in [0.1, 0.15) is 25.9 Å². The topological polar surface area (TPSA) is 111 Å². The minimum absolute atomic E-state index is 0.100. The molecule has 1 aromatic carbocycles. The number of sulfonamides is 1. The van der Waals surface area contributed by atoms with Gasteiger partial charge in [0.2, 0.25) is 15.8 Å². The number of hydrogen-bond donors (Lipinski definition) is 1. The molecule has 0 aliphatic heterocycles. The van der Waals surface area contributed by atoms with Crippen LogP contribution in [-0.4, -0.2) is 37.3 Å². The highest BCUT2D eigenvalue weighted by Crippen LogP contribution is 2.20. The lowest BCUT2D eigenvalue weighted by Crippen LogP contribution is -2.23. The molecule has 0 unspecified atom stereocenters. The fourth-order valence-corrected chi connectivity index (χ4v) is 3.68. The van der Waals surface area contributed by atoms with Crippen molar-refractivity contribution in [3.8, 4) is 11.5 Å². The molecule has 10 heteroatoms. The molecule has 1 N–H and O–H groups in total. The second kappa shape index (κ2) is 8.63. The Labute approximate surface area is 166 Å². The molecule has 0 bridgehead atoms. The van der Waals surface area contributed by atoms with Crippen molar-refractivity contribution in [2.75, 3.05) is 12.8 Å². The van der Waals surface area contributed by atoms with E-state index in [1.165, 1.54) is 11.3 Å². The van der Waals surface area contributed by atoms with Crippen molar-refractivity contribution in [2.24, 2.45) is 0 Å². The Hall–Kier alpha value is -2.56. The van der Waals surface area contributed by atoms with Crippen LogP contribution >= 0.6 is 11.3 Å². The van der Waals surface area contributed by atoms with Crippen LogP contribution in [0.4, 0.5) is 0 Å². The molecule has 0 aliphatic carbocycles. The highest BCUT2D eigenvalue weighted by atomic mass is 32.2. The second-order valence-electron chi connectivity index (χ2n) is 6.14. The number of esters is 1. The third kappa shape index (κ3) is 5.72. The lowest BCUT2D eigenvalue weighted by Gasteiger charge is -2.00. The number of ether oxygens (including phenoxy) is 1. The molecule has 0 amide bonds. The Bertz CT molecular complexity index is 1060. The summed E-state index contributed by atoms with van der Waals surface area (Å²) in [5, 5.41) is 3.82. The number of aryl methyl sites for hydroxylation is 1. The number of carbonyl (C=O) groups excluding carboxylic acids is 1. The Balaban J connectivity index is 1.52. The minimum atomic E-state index is -3.22. The van der Waals surface area contributed by atoms with Gasteiger partial charge in [0.05, 0.1) is 6.26 Å². The number of nitrogens with zero attached hydrogens (tertiary/aromatic N) is 2. The Morgan fingerprint density at radius 3 is 2.68 bits per heavy atom. The Kier molecular flexibility index (Phi) is 6.22. The van der Waals surface area contributed by atoms with E-state index < -0.39 is 16.0 Å². The van der Waals surface area contributed by atoms with Gasteiger partial charge in [0.15, 0.2) is 6.61 Å². The summed E-state index contributed by atoms with van der Waals surface area (Å²) in [4.78, 5) is 17.7. The summed E-state index contributed by atoms with van der Waals surface area (Å²) in [6, 6.07) is 11.1. The lowest BCUT2D eigenvalue weighted by molar-refractivity contribution is 0.0465. The van der Waals surface area contributed by atoms with E-state index in [1.807, 2.05) is 31.2 Å². The average Bonchev–Trinajstić information content (AvgIpc) is 3.29. The predicted octanol–water partition coefficient (Wildman–Crippen LogP) is 2.56. The van der Waals surface area contributed by atoms with E-state index in [9.17, 15) is 13.2 Å². The zero-order valence-corrected chi connectivity index (χ0v) is 17.0. The van der Waals surface area contributed by atoms with Crippen molar-refractivity contribution in [3.63, 3.8) is 0 Å². The summed E-state index contributed by atoms with van der Waals surface area (Å²) < 4.78 is 35.0. The summed E-state index contributed by atoms with van der Waals surface area (Å²) in [6.45, 7) is 2.16. The van der Waals surface area contributed by atoms with E-state index in [0.29, 0.717) is 17.2 Å². The van der Waals surface area contributed by atoms with Crippen molar-refractivity contribution in [1.29, 1.82) is 0 Å². The molecule has 0 fully saturated rings.